The minimum atomic E-state index is 0.324. The molecule has 0 amide bonds. The van der Waals surface area contributed by atoms with Crippen LogP contribution in [0.3, 0.4) is 0 Å². The number of allylic oxidation sites excluding steroid dienone is 5. The van der Waals surface area contributed by atoms with Crippen LogP contribution in [0.2, 0.25) is 0 Å². The number of benzene rings is 3. The molecule has 3 nitrogen and oxygen atoms in total. The Hall–Kier alpha value is -3.56. The van der Waals surface area contributed by atoms with Crippen LogP contribution in [-0.4, -0.2) is 18.5 Å². The number of nitrogens with zero attached hydrogens (tertiary/aromatic N) is 1. The van der Waals surface area contributed by atoms with Crippen LogP contribution in [-0.2, 0) is 13.2 Å². The van der Waals surface area contributed by atoms with Crippen molar-refractivity contribution < 1.29 is 9.47 Å². The molecule has 27 unspecified atom stereocenters. The van der Waals surface area contributed by atoms with E-state index in [-0.39, 0.29) is 0 Å². The van der Waals surface area contributed by atoms with Crippen LogP contribution < -0.4 is 9.47 Å². The lowest BCUT2D eigenvalue weighted by Gasteiger charge is -2.62. The number of fused-ring (bicyclic) bond motifs is 1. The first-order chi connectivity index (χ1) is 32.1. The van der Waals surface area contributed by atoms with Crippen LogP contribution in [0, 0.1) is 153 Å². The average Bonchev–Trinajstić information content (AvgIpc) is 4.19. The molecule has 328 valence electrons. The Balaban J connectivity index is 0.799. The first-order valence-electron chi connectivity index (χ1n) is 27.5. The lowest BCUT2D eigenvalue weighted by atomic mass is 9.41. The van der Waals surface area contributed by atoms with Gasteiger partial charge in [0.1, 0.15) is 13.2 Å². The van der Waals surface area contributed by atoms with E-state index in [0.29, 0.717) is 24.7 Å². The minimum absolute atomic E-state index is 0.324. The SMILES string of the molecule is CN1CC2C3=C4C5C6=C(C3)CC3CC7=CC8CC9CC%10CC%11CC2(C2C4C4C5C5C(C63)C7C3C8C9C6C%10C(C4C6C35)C%112)C1c1ccc(OCc2ccccc2)c(OCc2ccccc2)c1. The average molecular weight is 854 g/mol. The van der Waals surface area contributed by atoms with E-state index in [1.165, 1.54) is 48.9 Å². The van der Waals surface area contributed by atoms with Crippen molar-refractivity contribution in [1.82, 2.24) is 4.90 Å². The van der Waals surface area contributed by atoms with Crippen molar-refractivity contribution in [3.8, 4) is 11.5 Å². The van der Waals surface area contributed by atoms with Crippen molar-refractivity contribution in [3.63, 3.8) is 0 Å². The normalized spacial score (nSPS) is 56.6. The fourth-order valence-electron chi connectivity index (χ4n) is 26.9. The highest BCUT2D eigenvalue weighted by Gasteiger charge is 2.88. The van der Waals surface area contributed by atoms with Crippen molar-refractivity contribution in [2.75, 3.05) is 13.6 Å². The van der Waals surface area contributed by atoms with Gasteiger partial charge in [-0.3, -0.25) is 4.90 Å². The zero-order chi connectivity index (χ0) is 41.2. The molecule has 16 aliphatic carbocycles. The molecular formula is C62H63NO2. The van der Waals surface area contributed by atoms with E-state index in [1.54, 1.807) is 19.3 Å². The third-order valence-corrected chi connectivity index (χ3v) is 26.3. The van der Waals surface area contributed by atoms with Crippen molar-refractivity contribution >= 4 is 0 Å². The van der Waals surface area contributed by atoms with Crippen LogP contribution >= 0.6 is 0 Å². The summed E-state index contributed by atoms with van der Waals surface area (Å²) in [5.74, 6) is 26.9. The van der Waals surface area contributed by atoms with Gasteiger partial charge in [-0.1, -0.05) is 101 Å². The molecular weight excluding hydrogens is 791 g/mol. The molecule has 3 heteroatoms. The fraction of sp³-hybridized carbons (Fsp3) is 0.613. The van der Waals surface area contributed by atoms with Crippen LogP contribution in [0.1, 0.15) is 67.7 Å². The Kier molecular flexibility index (Phi) is 5.86. The molecule has 1 heterocycles. The van der Waals surface area contributed by atoms with E-state index in [1.807, 2.05) is 5.57 Å². The molecule has 3 aromatic carbocycles. The summed E-state index contributed by atoms with van der Waals surface area (Å²) in [6, 6.07) is 29.4. The number of ether oxygens (including phenoxy) is 2. The number of likely N-dealkylation sites (tertiary alicyclic amines) is 1. The molecule has 0 bridgehead atoms. The Morgan fingerprint density at radius 1 is 0.585 bits per heavy atom. The van der Waals surface area contributed by atoms with Gasteiger partial charge in [-0.15, -0.1) is 0 Å². The largest absolute Gasteiger partial charge is 0.485 e. The van der Waals surface area contributed by atoms with Crippen LogP contribution in [0.15, 0.2) is 113 Å². The van der Waals surface area contributed by atoms with Gasteiger partial charge in [-0.25, -0.2) is 0 Å². The second kappa shape index (κ2) is 11.0. The van der Waals surface area contributed by atoms with Gasteiger partial charge in [-0.2, -0.15) is 0 Å². The van der Waals surface area contributed by atoms with Gasteiger partial charge in [0.15, 0.2) is 11.5 Å². The van der Waals surface area contributed by atoms with Crippen molar-refractivity contribution in [2.45, 2.75) is 64.2 Å². The lowest BCUT2D eigenvalue weighted by molar-refractivity contribution is -0.147. The van der Waals surface area contributed by atoms with Gasteiger partial charge in [0.2, 0.25) is 0 Å². The van der Waals surface area contributed by atoms with Crippen LogP contribution in [0.25, 0.3) is 0 Å². The van der Waals surface area contributed by atoms with Gasteiger partial charge in [0, 0.05) is 29.8 Å². The molecule has 27 atom stereocenters. The Labute approximate surface area is 384 Å². The molecule has 13 fully saturated rings. The molecule has 0 aromatic heterocycles. The molecule has 20 rings (SSSR count). The second-order valence-electron chi connectivity index (χ2n) is 26.9. The summed E-state index contributed by atoms with van der Waals surface area (Å²) in [7, 11) is 2.58. The first kappa shape index (κ1) is 34.7. The summed E-state index contributed by atoms with van der Waals surface area (Å²) in [5, 5.41) is 0. The maximum Gasteiger partial charge on any atom is 0.162 e. The summed E-state index contributed by atoms with van der Waals surface area (Å²) in [6.45, 7) is 2.39. The highest BCUT2D eigenvalue weighted by atomic mass is 16.5. The fourth-order valence-corrected chi connectivity index (χ4v) is 26.9. The monoisotopic (exact) mass is 853 g/mol. The van der Waals surface area contributed by atoms with E-state index >= 15 is 0 Å². The Morgan fingerprint density at radius 2 is 1.28 bits per heavy atom. The highest BCUT2D eigenvalue weighted by Crippen LogP contribution is 2.93. The number of hydrogen-bond acceptors (Lipinski definition) is 3. The standard InChI is InChI=1S/C62H63NO2/c1-63-23-37-36-20-34-18-31-16-32-15-29-14-30-17-33-19-35-22-62(37,61(63)28-12-13-38(64-24-26-8-4-2-5-9-26)39(21-28)65-25-27-10-6-3-7-11-27)60-46(35)51-45(33)50-41(30)40(29)48-44(32)49-42(31)43(34)52-47(36)59(60)58-56(51)54(50)53(48)55(49)57(52)58/h2-13,15,21,29-31,33,35,37,40-42,44-46,48-61H,14,16-20,22-25H2,1H3. The van der Waals surface area contributed by atoms with Crippen molar-refractivity contribution in [3.05, 3.63) is 129 Å². The zero-order valence-electron chi connectivity index (χ0n) is 37.9. The van der Waals surface area contributed by atoms with E-state index in [0.717, 1.165) is 159 Å². The summed E-state index contributed by atoms with van der Waals surface area (Å²) >= 11 is 0. The zero-order valence-corrected chi connectivity index (χ0v) is 37.9. The maximum absolute atomic E-state index is 6.96. The molecule has 1 aliphatic heterocycles. The molecule has 65 heavy (non-hydrogen) atoms. The van der Waals surface area contributed by atoms with Gasteiger partial charge < -0.3 is 9.47 Å². The second-order valence-corrected chi connectivity index (χ2v) is 26.9. The van der Waals surface area contributed by atoms with Gasteiger partial charge >= 0.3 is 0 Å². The molecule has 12 saturated carbocycles. The lowest BCUT2D eigenvalue weighted by Crippen LogP contribution is -2.59. The van der Waals surface area contributed by atoms with E-state index in [4.69, 9.17) is 9.47 Å². The van der Waals surface area contributed by atoms with Crippen molar-refractivity contribution in [1.29, 1.82) is 0 Å². The van der Waals surface area contributed by atoms with Gasteiger partial charge in [0.25, 0.3) is 0 Å². The summed E-state index contributed by atoms with van der Waals surface area (Å²) in [5.41, 5.74) is 14.9. The van der Waals surface area contributed by atoms with Crippen molar-refractivity contribution in [2.24, 2.45) is 153 Å². The smallest absolute Gasteiger partial charge is 0.162 e. The first-order valence-corrected chi connectivity index (χ1v) is 27.5. The third kappa shape index (κ3) is 3.51. The summed E-state index contributed by atoms with van der Waals surface area (Å²) in [6.07, 6.45) is 13.8. The van der Waals surface area contributed by atoms with Gasteiger partial charge in [0.05, 0.1) is 0 Å². The summed E-state index contributed by atoms with van der Waals surface area (Å²) in [4.78, 5) is 2.95. The van der Waals surface area contributed by atoms with Gasteiger partial charge in [-0.05, 0) is 217 Å². The van der Waals surface area contributed by atoms with E-state index in [2.05, 4.69) is 119 Å². The van der Waals surface area contributed by atoms with E-state index in [9.17, 15) is 0 Å². The maximum atomic E-state index is 6.96. The third-order valence-electron chi connectivity index (χ3n) is 26.3. The summed E-state index contributed by atoms with van der Waals surface area (Å²) < 4.78 is 13.7. The molecule has 17 aliphatic rings. The van der Waals surface area contributed by atoms with Crippen LogP contribution in [0.4, 0.5) is 0 Å². The molecule has 3 aromatic rings. The number of rotatable bonds is 7. The molecule has 1 spiro atoms. The Bertz CT molecular complexity index is 2820. The predicted molar refractivity (Wildman–Crippen MR) is 247 cm³/mol. The highest BCUT2D eigenvalue weighted by molar-refractivity contribution is 5.58. The quantitative estimate of drug-likeness (QED) is 0.221. The van der Waals surface area contributed by atoms with E-state index < -0.39 is 0 Å². The number of hydrogen-bond donors (Lipinski definition) is 0. The molecule has 1 saturated heterocycles. The predicted octanol–water partition coefficient (Wildman–Crippen LogP) is 11.7. The molecule has 0 radical (unpaired) electrons. The molecule has 0 N–H and O–H groups in total. The minimum Gasteiger partial charge on any atom is -0.485 e. The van der Waals surface area contributed by atoms with Crippen LogP contribution in [0.5, 0.6) is 11.5 Å². The topological polar surface area (TPSA) is 21.7 Å². The Morgan fingerprint density at radius 3 is 2.11 bits per heavy atom.